The van der Waals surface area contributed by atoms with E-state index in [-0.39, 0.29) is 26.7 Å². The third-order valence-electron chi connectivity index (χ3n) is 3.70. The predicted molar refractivity (Wildman–Crippen MR) is 102 cm³/mol. The van der Waals surface area contributed by atoms with Crippen LogP contribution in [0.25, 0.3) is 5.69 Å². The number of nitrogens with zero attached hydrogens (tertiary/aromatic N) is 2. The Morgan fingerprint density at radius 1 is 1.11 bits per heavy atom. The summed E-state index contributed by atoms with van der Waals surface area (Å²) in [5.74, 6) is -0.569. The molecule has 0 aliphatic carbocycles. The van der Waals surface area contributed by atoms with Gasteiger partial charge in [0.2, 0.25) is 5.88 Å². The fourth-order valence-electron chi connectivity index (χ4n) is 2.34. The molecule has 9 heteroatoms. The molecule has 0 radical (unpaired) electrons. The van der Waals surface area contributed by atoms with Gasteiger partial charge in [-0.2, -0.15) is 18.2 Å². The lowest BCUT2D eigenvalue weighted by Crippen LogP contribution is -2.13. The average Bonchev–Trinajstić information content (AvgIpc) is 3.00. The molecule has 0 bridgehead atoms. The topological polar surface area (TPSA) is 61.2 Å². The van der Waals surface area contributed by atoms with Crippen LogP contribution in [0, 0.1) is 5.82 Å². The molecule has 0 saturated carbocycles. The Balaban J connectivity index is 2.10. The number of hydrogen-bond donors (Lipinski definition) is 0. The van der Waals surface area contributed by atoms with E-state index in [1.807, 2.05) is 13.8 Å². The summed E-state index contributed by atoms with van der Waals surface area (Å²) in [6.45, 7) is 3.79. The largest absolute Gasteiger partial charge is 0.358 e. The SMILES string of the molecule is CC(C)c1cc(OS(=O)(=O)c2cc(Cl)ccc2Cl)n(-c2cccc(F)c2)n1. The second-order valence-electron chi connectivity index (χ2n) is 6.07. The number of aromatic nitrogens is 2. The molecule has 0 amide bonds. The van der Waals surface area contributed by atoms with E-state index in [0.29, 0.717) is 11.4 Å². The summed E-state index contributed by atoms with van der Waals surface area (Å²) in [6, 6.07) is 11.1. The van der Waals surface area contributed by atoms with Crippen LogP contribution < -0.4 is 4.18 Å². The third kappa shape index (κ3) is 4.26. The molecule has 0 N–H and O–H groups in total. The molecular weight excluding hydrogens is 414 g/mol. The van der Waals surface area contributed by atoms with Gasteiger partial charge >= 0.3 is 10.1 Å². The molecule has 0 fully saturated rings. The Morgan fingerprint density at radius 2 is 1.85 bits per heavy atom. The van der Waals surface area contributed by atoms with Crippen LogP contribution in [-0.4, -0.2) is 18.2 Å². The lowest BCUT2D eigenvalue weighted by molar-refractivity contribution is 0.464. The molecule has 0 atom stereocenters. The molecule has 0 spiro atoms. The van der Waals surface area contributed by atoms with Gasteiger partial charge in [0.15, 0.2) is 0 Å². The van der Waals surface area contributed by atoms with Crippen molar-refractivity contribution in [1.29, 1.82) is 0 Å². The first-order valence-electron chi connectivity index (χ1n) is 7.93. The van der Waals surface area contributed by atoms with E-state index < -0.39 is 15.9 Å². The first-order valence-corrected chi connectivity index (χ1v) is 10.1. The van der Waals surface area contributed by atoms with Gasteiger partial charge in [0, 0.05) is 11.1 Å². The van der Waals surface area contributed by atoms with Crippen molar-refractivity contribution in [2.24, 2.45) is 0 Å². The molecule has 0 aliphatic rings. The van der Waals surface area contributed by atoms with Gasteiger partial charge in [-0.25, -0.2) is 4.39 Å². The molecule has 3 rings (SSSR count). The highest BCUT2D eigenvalue weighted by Crippen LogP contribution is 2.30. The molecule has 0 aliphatic heterocycles. The maximum absolute atomic E-state index is 13.6. The first-order chi connectivity index (χ1) is 12.7. The van der Waals surface area contributed by atoms with E-state index in [2.05, 4.69) is 5.10 Å². The minimum atomic E-state index is -4.29. The zero-order chi connectivity index (χ0) is 19.8. The Hall–Kier alpha value is -2.09. The molecule has 1 heterocycles. The first kappa shape index (κ1) is 19.7. The van der Waals surface area contributed by atoms with Crippen molar-refractivity contribution in [2.45, 2.75) is 24.7 Å². The summed E-state index contributed by atoms with van der Waals surface area (Å²) in [5.41, 5.74) is 0.908. The monoisotopic (exact) mass is 428 g/mol. The van der Waals surface area contributed by atoms with Crippen LogP contribution in [0.2, 0.25) is 10.0 Å². The molecule has 0 unspecified atom stereocenters. The molecule has 2 aromatic carbocycles. The highest BCUT2D eigenvalue weighted by Gasteiger charge is 2.24. The molecule has 3 aromatic rings. The Morgan fingerprint density at radius 3 is 2.52 bits per heavy atom. The van der Waals surface area contributed by atoms with Crippen molar-refractivity contribution in [3.05, 3.63) is 70.1 Å². The summed E-state index contributed by atoms with van der Waals surface area (Å²) in [5, 5.41) is 4.51. The quantitative estimate of drug-likeness (QED) is 0.523. The van der Waals surface area contributed by atoms with Crippen molar-refractivity contribution in [2.75, 3.05) is 0 Å². The summed E-state index contributed by atoms with van der Waals surface area (Å²) in [6.07, 6.45) is 0. The molecule has 142 valence electrons. The maximum Gasteiger partial charge on any atom is 0.342 e. The summed E-state index contributed by atoms with van der Waals surface area (Å²) in [7, 11) is -4.29. The van der Waals surface area contributed by atoms with Crippen molar-refractivity contribution in [1.82, 2.24) is 9.78 Å². The third-order valence-corrected chi connectivity index (χ3v) is 5.64. The zero-order valence-electron chi connectivity index (χ0n) is 14.4. The number of halogens is 3. The fourth-order valence-corrected chi connectivity index (χ4v) is 3.99. The molecule has 5 nitrogen and oxygen atoms in total. The molecular formula is C18H15Cl2FN2O3S. The number of benzene rings is 2. The predicted octanol–water partition coefficient (Wildman–Crippen LogP) is 5.21. The van der Waals surface area contributed by atoms with Crippen molar-refractivity contribution >= 4 is 33.3 Å². The van der Waals surface area contributed by atoms with Crippen LogP contribution in [0.5, 0.6) is 5.88 Å². The van der Waals surface area contributed by atoms with Crippen LogP contribution in [0.1, 0.15) is 25.5 Å². The van der Waals surface area contributed by atoms with Crippen molar-refractivity contribution in [3.63, 3.8) is 0 Å². The van der Waals surface area contributed by atoms with Crippen molar-refractivity contribution in [3.8, 4) is 11.6 Å². The second kappa shape index (κ2) is 7.50. The molecule has 0 saturated heterocycles. The lowest BCUT2D eigenvalue weighted by atomic mass is 10.1. The summed E-state index contributed by atoms with van der Waals surface area (Å²) in [4.78, 5) is -0.269. The Kier molecular flexibility index (Phi) is 5.46. The summed E-state index contributed by atoms with van der Waals surface area (Å²) >= 11 is 11.9. The van der Waals surface area contributed by atoms with Crippen LogP contribution in [0.15, 0.2) is 53.4 Å². The fraction of sp³-hybridized carbons (Fsp3) is 0.167. The van der Waals surface area contributed by atoms with Gasteiger partial charge < -0.3 is 4.18 Å². The van der Waals surface area contributed by atoms with Gasteiger partial charge in [0.25, 0.3) is 0 Å². The van der Waals surface area contributed by atoms with Crippen LogP contribution >= 0.6 is 23.2 Å². The van der Waals surface area contributed by atoms with E-state index in [4.69, 9.17) is 27.4 Å². The minimum Gasteiger partial charge on any atom is -0.358 e. The average molecular weight is 429 g/mol. The van der Waals surface area contributed by atoms with Crippen LogP contribution in [-0.2, 0) is 10.1 Å². The van der Waals surface area contributed by atoms with Crippen molar-refractivity contribution < 1.29 is 17.0 Å². The number of hydrogen-bond acceptors (Lipinski definition) is 4. The van der Waals surface area contributed by atoms with E-state index >= 15 is 0 Å². The normalized spacial score (nSPS) is 11.8. The van der Waals surface area contributed by atoms with Gasteiger partial charge in [-0.15, -0.1) is 0 Å². The van der Waals surface area contributed by atoms with E-state index in [1.54, 1.807) is 6.07 Å². The Bertz CT molecular complexity index is 1100. The molecule has 1 aromatic heterocycles. The lowest BCUT2D eigenvalue weighted by Gasteiger charge is -2.10. The van der Waals surface area contributed by atoms with Gasteiger partial charge in [0.1, 0.15) is 10.7 Å². The van der Waals surface area contributed by atoms with Crippen LogP contribution in [0.4, 0.5) is 4.39 Å². The smallest absolute Gasteiger partial charge is 0.342 e. The highest BCUT2D eigenvalue weighted by molar-refractivity contribution is 7.87. The van der Waals surface area contributed by atoms with E-state index in [1.165, 1.54) is 47.1 Å². The standard InChI is InChI=1S/C18H15Cl2FN2O3S/c1-11(2)16-10-18(23(22-16)14-5-3-4-13(21)9-14)26-27(24,25)17-8-12(19)6-7-15(17)20/h3-11H,1-2H3. The highest BCUT2D eigenvalue weighted by atomic mass is 35.5. The van der Waals surface area contributed by atoms with Gasteiger partial charge in [-0.3, -0.25) is 0 Å². The zero-order valence-corrected chi connectivity index (χ0v) is 16.7. The minimum absolute atomic E-state index is 0.000351. The Labute approximate surface area is 166 Å². The van der Waals surface area contributed by atoms with Gasteiger partial charge in [-0.1, -0.05) is 43.1 Å². The van der Waals surface area contributed by atoms with Crippen LogP contribution in [0.3, 0.4) is 0 Å². The van der Waals surface area contributed by atoms with E-state index in [0.717, 1.165) is 0 Å². The number of rotatable bonds is 5. The second-order valence-corrected chi connectivity index (χ2v) is 8.42. The summed E-state index contributed by atoms with van der Waals surface area (Å²) < 4.78 is 45.6. The maximum atomic E-state index is 13.6. The molecule has 27 heavy (non-hydrogen) atoms. The van der Waals surface area contributed by atoms with E-state index in [9.17, 15) is 12.8 Å². The van der Waals surface area contributed by atoms with Gasteiger partial charge in [0.05, 0.1) is 16.4 Å². The van der Waals surface area contributed by atoms with Gasteiger partial charge in [-0.05, 0) is 42.3 Å².